The maximum Gasteiger partial charge on any atom is 0.248 e. The number of fused-ring (bicyclic) bond motifs is 2. The molecular formula is C16H22N2O. The summed E-state index contributed by atoms with van der Waals surface area (Å²) >= 11 is 0. The number of nitrogens with one attached hydrogen (secondary N) is 1. The van der Waals surface area contributed by atoms with Gasteiger partial charge in [-0.2, -0.15) is 0 Å². The Balaban J connectivity index is 1.46. The number of carbonyl (C=O) groups is 1. The Morgan fingerprint density at radius 1 is 1.21 bits per heavy atom. The van der Waals surface area contributed by atoms with Crippen molar-refractivity contribution in [3.8, 4) is 0 Å². The SMILES string of the molecule is NC(=O)c1ccc(CNCC2CC3CCC2C3)cc1. The van der Waals surface area contributed by atoms with Crippen molar-refractivity contribution in [1.82, 2.24) is 5.32 Å². The Morgan fingerprint density at radius 3 is 2.58 bits per heavy atom. The van der Waals surface area contributed by atoms with Gasteiger partial charge in [-0.25, -0.2) is 0 Å². The zero-order chi connectivity index (χ0) is 13.2. The van der Waals surface area contributed by atoms with Crippen molar-refractivity contribution >= 4 is 5.91 Å². The van der Waals surface area contributed by atoms with Crippen LogP contribution in [0.25, 0.3) is 0 Å². The second kappa shape index (κ2) is 5.33. The van der Waals surface area contributed by atoms with Gasteiger partial charge in [-0.3, -0.25) is 4.79 Å². The van der Waals surface area contributed by atoms with E-state index in [-0.39, 0.29) is 5.91 Å². The summed E-state index contributed by atoms with van der Waals surface area (Å²) < 4.78 is 0. The van der Waals surface area contributed by atoms with Crippen LogP contribution in [0.15, 0.2) is 24.3 Å². The first kappa shape index (κ1) is 12.7. The average molecular weight is 258 g/mol. The molecule has 1 aromatic rings. The second-order valence-electron chi connectivity index (χ2n) is 6.13. The van der Waals surface area contributed by atoms with Crippen LogP contribution < -0.4 is 11.1 Å². The maximum atomic E-state index is 11.0. The number of benzene rings is 1. The number of carbonyl (C=O) groups excluding carboxylic acids is 1. The number of amides is 1. The molecule has 3 nitrogen and oxygen atoms in total. The minimum Gasteiger partial charge on any atom is -0.366 e. The van der Waals surface area contributed by atoms with E-state index in [0.717, 1.165) is 30.8 Å². The lowest BCUT2D eigenvalue weighted by atomic mass is 9.89. The first-order valence-electron chi connectivity index (χ1n) is 7.32. The van der Waals surface area contributed by atoms with E-state index in [4.69, 9.17) is 5.73 Å². The van der Waals surface area contributed by atoms with E-state index in [1.807, 2.05) is 12.1 Å². The molecule has 2 fully saturated rings. The predicted octanol–water partition coefficient (Wildman–Crippen LogP) is 2.31. The Kier molecular flexibility index (Phi) is 3.56. The summed E-state index contributed by atoms with van der Waals surface area (Å²) in [7, 11) is 0. The molecule has 2 saturated carbocycles. The molecule has 19 heavy (non-hydrogen) atoms. The molecule has 2 aliphatic carbocycles. The van der Waals surface area contributed by atoms with E-state index in [0.29, 0.717) is 5.56 Å². The zero-order valence-corrected chi connectivity index (χ0v) is 11.3. The van der Waals surface area contributed by atoms with Crippen molar-refractivity contribution in [2.24, 2.45) is 23.5 Å². The van der Waals surface area contributed by atoms with Crippen molar-refractivity contribution in [2.75, 3.05) is 6.54 Å². The summed E-state index contributed by atoms with van der Waals surface area (Å²) in [5.74, 6) is 2.53. The normalized spacial score (nSPS) is 28.7. The first-order valence-corrected chi connectivity index (χ1v) is 7.32. The summed E-state index contributed by atoms with van der Waals surface area (Å²) in [5, 5.41) is 3.56. The van der Waals surface area contributed by atoms with Gasteiger partial charge in [0, 0.05) is 12.1 Å². The number of rotatable bonds is 5. The fourth-order valence-corrected chi connectivity index (χ4v) is 3.82. The highest BCUT2D eigenvalue weighted by Gasteiger charge is 2.38. The van der Waals surface area contributed by atoms with Gasteiger partial charge < -0.3 is 11.1 Å². The molecule has 0 spiro atoms. The van der Waals surface area contributed by atoms with Crippen molar-refractivity contribution in [2.45, 2.75) is 32.2 Å². The third-order valence-electron chi connectivity index (χ3n) is 4.86. The van der Waals surface area contributed by atoms with Crippen LogP contribution in [-0.2, 0) is 6.54 Å². The second-order valence-corrected chi connectivity index (χ2v) is 6.13. The van der Waals surface area contributed by atoms with Crippen LogP contribution in [0.4, 0.5) is 0 Å². The highest BCUT2D eigenvalue weighted by molar-refractivity contribution is 5.92. The molecule has 3 heteroatoms. The maximum absolute atomic E-state index is 11.0. The summed E-state index contributed by atoms with van der Waals surface area (Å²) in [6.45, 7) is 2.02. The highest BCUT2D eigenvalue weighted by Crippen LogP contribution is 2.47. The number of nitrogens with two attached hydrogens (primary N) is 1. The Bertz CT molecular complexity index is 454. The lowest BCUT2D eigenvalue weighted by molar-refractivity contribution is 0.100. The van der Waals surface area contributed by atoms with E-state index in [1.165, 1.54) is 31.2 Å². The largest absolute Gasteiger partial charge is 0.366 e. The number of primary amides is 1. The monoisotopic (exact) mass is 258 g/mol. The van der Waals surface area contributed by atoms with Gasteiger partial charge in [0.1, 0.15) is 0 Å². The van der Waals surface area contributed by atoms with E-state index in [9.17, 15) is 4.79 Å². The molecule has 3 atom stereocenters. The third kappa shape index (κ3) is 2.81. The van der Waals surface area contributed by atoms with Crippen molar-refractivity contribution in [1.29, 1.82) is 0 Å². The molecule has 0 radical (unpaired) electrons. The molecule has 1 amide bonds. The van der Waals surface area contributed by atoms with Crippen LogP contribution >= 0.6 is 0 Å². The Hall–Kier alpha value is -1.35. The molecule has 3 N–H and O–H groups in total. The van der Waals surface area contributed by atoms with Gasteiger partial charge >= 0.3 is 0 Å². The number of hydrogen-bond donors (Lipinski definition) is 2. The molecule has 0 aliphatic heterocycles. The Labute approximate surface area is 114 Å². The van der Waals surface area contributed by atoms with Crippen LogP contribution in [0.3, 0.4) is 0 Å². The fourth-order valence-electron chi connectivity index (χ4n) is 3.82. The lowest BCUT2D eigenvalue weighted by Crippen LogP contribution is -2.26. The zero-order valence-electron chi connectivity index (χ0n) is 11.3. The van der Waals surface area contributed by atoms with Gasteiger partial charge in [0.05, 0.1) is 0 Å². The van der Waals surface area contributed by atoms with Gasteiger partial charge in [-0.05, 0) is 61.3 Å². The lowest BCUT2D eigenvalue weighted by Gasteiger charge is -2.21. The van der Waals surface area contributed by atoms with Crippen LogP contribution in [0.2, 0.25) is 0 Å². The van der Waals surface area contributed by atoms with Crippen molar-refractivity contribution in [3.63, 3.8) is 0 Å². The molecule has 1 aromatic carbocycles. The third-order valence-corrected chi connectivity index (χ3v) is 4.86. The van der Waals surface area contributed by atoms with Gasteiger partial charge in [-0.15, -0.1) is 0 Å². The average Bonchev–Trinajstić information content (AvgIpc) is 3.02. The molecule has 3 rings (SSSR count). The standard InChI is InChI=1S/C16H22N2O/c17-16(19)13-4-1-11(2-5-13)9-18-10-15-8-12-3-6-14(15)7-12/h1-2,4-5,12,14-15,18H,3,6-10H2,(H2,17,19). The molecule has 102 valence electrons. The van der Waals surface area contributed by atoms with Crippen molar-refractivity contribution < 1.29 is 4.79 Å². The van der Waals surface area contributed by atoms with Crippen LogP contribution in [0, 0.1) is 17.8 Å². The highest BCUT2D eigenvalue weighted by atomic mass is 16.1. The fraction of sp³-hybridized carbons (Fsp3) is 0.562. The molecule has 0 aromatic heterocycles. The molecular weight excluding hydrogens is 236 g/mol. The molecule has 0 saturated heterocycles. The molecule has 0 heterocycles. The molecule has 2 bridgehead atoms. The summed E-state index contributed by atoms with van der Waals surface area (Å²) in [4.78, 5) is 11.0. The molecule has 2 aliphatic rings. The number of hydrogen-bond acceptors (Lipinski definition) is 2. The minimum absolute atomic E-state index is 0.360. The van der Waals surface area contributed by atoms with Gasteiger partial charge in [0.2, 0.25) is 5.91 Å². The Morgan fingerprint density at radius 2 is 2.00 bits per heavy atom. The quantitative estimate of drug-likeness (QED) is 0.851. The smallest absolute Gasteiger partial charge is 0.248 e. The summed E-state index contributed by atoms with van der Waals surface area (Å²) in [6, 6.07) is 7.57. The van der Waals surface area contributed by atoms with Crippen LogP contribution in [0.5, 0.6) is 0 Å². The van der Waals surface area contributed by atoms with Gasteiger partial charge in [-0.1, -0.05) is 18.6 Å². The van der Waals surface area contributed by atoms with Gasteiger partial charge in [0.15, 0.2) is 0 Å². The van der Waals surface area contributed by atoms with E-state index >= 15 is 0 Å². The van der Waals surface area contributed by atoms with E-state index < -0.39 is 0 Å². The predicted molar refractivity (Wildman–Crippen MR) is 75.6 cm³/mol. The van der Waals surface area contributed by atoms with Crippen LogP contribution in [0.1, 0.15) is 41.6 Å². The van der Waals surface area contributed by atoms with E-state index in [2.05, 4.69) is 5.32 Å². The first-order chi connectivity index (χ1) is 9.22. The van der Waals surface area contributed by atoms with Crippen molar-refractivity contribution in [3.05, 3.63) is 35.4 Å². The van der Waals surface area contributed by atoms with Gasteiger partial charge in [0.25, 0.3) is 0 Å². The van der Waals surface area contributed by atoms with E-state index in [1.54, 1.807) is 12.1 Å². The van der Waals surface area contributed by atoms with Crippen LogP contribution in [-0.4, -0.2) is 12.5 Å². The summed E-state index contributed by atoms with van der Waals surface area (Å²) in [5.41, 5.74) is 7.02. The summed E-state index contributed by atoms with van der Waals surface area (Å²) in [6.07, 6.45) is 5.82. The molecule has 3 unspecified atom stereocenters. The topological polar surface area (TPSA) is 55.1 Å². The minimum atomic E-state index is -0.360.